The van der Waals surface area contributed by atoms with E-state index in [1.807, 2.05) is 30.1 Å². The van der Waals surface area contributed by atoms with Crippen LogP contribution in [0.2, 0.25) is 0 Å². The van der Waals surface area contributed by atoms with Crippen LogP contribution in [0.5, 0.6) is 5.75 Å². The van der Waals surface area contributed by atoms with Crippen LogP contribution < -0.4 is 5.73 Å². The van der Waals surface area contributed by atoms with E-state index in [1.54, 1.807) is 6.07 Å². The van der Waals surface area contributed by atoms with Gasteiger partial charge in [0.1, 0.15) is 5.75 Å². The fraction of sp³-hybridized carbons (Fsp3) is 0.400. The summed E-state index contributed by atoms with van der Waals surface area (Å²) in [6.45, 7) is 0.689. The summed E-state index contributed by atoms with van der Waals surface area (Å²) in [5, 5.41) is 9.67. The van der Waals surface area contributed by atoms with E-state index in [-0.39, 0.29) is 0 Å². The minimum absolute atomic E-state index is 0.329. The van der Waals surface area contributed by atoms with Crippen LogP contribution in [0, 0.1) is 4.77 Å². The number of aromatic hydroxyl groups is 1. The molecule has 0 saturated heterocycles. The lowest BCUT2D eigenvalue weighted by atomic mass is 10.1. The maximum Gasteiger partial charge on any atom is 0.177 e. The van der Waals surface area contributed by atoms with Gasteiger partial charge in [-0.25, -0.2) is 0 Å². The van der Waals surface area contributed by atoms with Gasteiger partial charge in [-0.05, 0) is 61.8 Å². The number of H-pyrrole nitrogens is 1. The Morgan fingerprint density at radius 1 is 1.48 bits per heavy atom. The van der Waals surface area contributed by atoms with Crippen molar-refractivity contribution in [2.45, 2.75) is 30.2 Å². The summed E-state index contributed by atoms with van der Waals surface area (Å²) in [6, 6.07) is 5.94. The Labute approximate surface area is 133 Å². The number of benzene rings is 1. The van der Waals surface area contributed by atoms with Gasteiger partial charge in [0.2, 0.25) is 0 Å². The molecule has 1 aromatic heterocycles. The van der Waals surface area contributed by atoms with Gasteiger partial charge in [0.25, 0.3) is 0 Å². The molecule has 0 unspecified atom stereocenters. The fourth-order valence-electron chi connectivity index (χ4n) is 2.82. The van der Waals surface area contributed by atoms with Crippen LogP contribution in [-0.4, -0.2) is 27.0 Å². The molecule has 2 aromatic rings. The minimum Gasteiger partial charge on any atom is -0.508 e. The molecule has 2 heterocycles. The van der Waals surface area contributed by atoms with Crippen molar-refractivity contribution in [3.63, 3.8) is 0 Å². The van der Waals surface area contributed by atoms with E-state index in [0.29, 0.717) is 18.3 Å². The molecule has 0 saturated carbocycles. The Hall–Kier alpha value is -1.24. The molecule has 0 bridgehead atoms. The zero-order valence-corrected chi connectivity index (χ0v) is 13.3. The number of nitrogens with two attached hydrogens (primary N) is 1. The molecule has 3 rings (SSSR count). The Kier molecular flexibility index (Phi) is 4.37. The number of hydrogen-bond acceptors (Lipinski definition) is 4. The SMILES string of the molecule is NCCCc1c[nH]c(=S)n1[C@@H]1CSc2ccc(O)cc2C1. The minimum atomic E-state index is 0.329. The van der Waals surface area contributed by atoms with Crippen LogP contribution >= 0.6 is 24.0 Å². The lowest BCUT2D eigenvalue weighted by Gasteiger charge is -2.27. The summed E-state index contributed by atoms with van der Waals surface area (Å²) >= 11 is 7.27. The first-order chi connectivity index (χ1) is 10.2. The van der Waals surface area contributed by atoms with E-state index in [1.165, 1.54) is 16.2 Å². The van der Waals surface area contributed by atoms with Crippen LogP contribution in [0.25, 0.3) is 0 Å². The lowest BCUT2D eigenvalue weighted by Crippen LogP contribution is -2.20. The highest BCUT2D eigenvalue weighted by atomic mass is 32.2. The standard InChI is InChI=1S/C15H19N3OS2/c16-5-1-2-11-8-17-15(20)18(11)12-6-10-7-13(19)3-4-14(10)21-9-12/h3-4,7-8,12,19H,1-2,5-6,9,16H2,(H,17,20)/t12-/m0/s1. The molecule has 1 aliphatic heterocycles. The summed E-state index contributed by atoms with van der Waals surface area (Å²) < 4.78 is 3.00. The maximum atomic E-state index is 9.67. The van der Waals surface area contributed by atoms with Gasteiger partial charge in [0.05, 0.1) is 0 Å². The van der Waals surface area contributed by atoms with Crippen molar-refractivity contribution in [2.24, 2.45) is 5.73 Å². The van der Waals surface area contributed by atoms with E-state index in [2.05, 4.69) is 9.55 Å². The maximum absolute atomic E-state index is 9.67. The molecule has 0 amide bonds. The zero-order chi connectivity index (χ0) is 14.8. The second-order valence-corrected chi connectivity index (χ2v) is 6.76. The molecule has 6 heteroatoms. The van der Waals surface area contributed by atoms with Crippen LogP contribution in [0.4, 0.5) is 0 Å². The third kappa shape index (κ3) is 3.02. The molecule has 1 aromatic carbocycles. The van der Waals surface area contributed by atoms with Crippen molar-refractivity contribution in [3.05, 3.63) is 40.4 Å². The van der Waals surface area contributed by atoms with Crippen molar-refractivity contribution >= 4 is 24.0 Å². The number of rotatable bonds is 4. The second-order valence-electron chi connectivity index (χ2n) is 5.31. The van der Waals surface area contributed by atoms with Gasteiger partial charge in [-0.15, -0.1) is 11.8 Å². The Balaban J connectivity index is 1.89. The largest absolute Gasteiger partial charge is 0.508 e. The highest BCUT2D eigenvalue weighted by Crippen LogP contribution is 2.37. The zero-order valence-electron chi connectivity index (χ0n) is 11.7. The molecule has 112 valence electrons. The molecule has 0 aliphatic carbocycles. The van der Waals surface area contributed by atoms with Gasteiger partial charge in [0, 0.05) is 28.6 Å². The second kappa shape index (κ2) is 6.25. The molecular weight excluding hydrogens is 302 g/mol. The molecule has 0 radical (unpaired) electrons. The van der Waals surface area contributed by atoms with E-state index < -0.39 is 0 Å². The first-order valence-corrected chi connectivity index (χ1v) is 8.52. The molecular formula is C15H19N3OS2. The first kappa shape index (κ1) is 14.7. The number of thioether (sulfide) groups is 1. The number of aromatic amines is 1. The summed E-state index contributed by atoms with van der Waals surface area (Å²) in [7, 11) is 0. The number of imidazole rings is 1. The van der Waals surface area contributed by atoms with Crippen LogP contribution in [-0.2, 0) is 12.8 Å². The summed E-state index contributed by atoms with van der Waals surface area (Å²) in [5.74, 6) is 1.33. The van der Waals surface area contributed by atoms with Crippen LogP contribution in [0.15, 0.2) is 29.3 Å². The topological polar surface area (TPSA) is 67.0 Å². The molecule has 4 nitrogen and oxygen atoms in total. The molecule has 21 heavy (non-hydrogen) atoms. The van der Waals surface area contributed by atoms with Gasteiger partial charge in [-0.3, -0.25) is 0 Å². The van der Waals surface area contributed by atoms with E-state index >= 15 is 0 Å². The van der Waals surface area contributed by atoms with Gasteiger partial charge >= 0.3 is 0 Å². The molecule has 1 atom stereocenters. The highest BCUT2D eigenvalue weighted by molar-refractivity contribution is 7.99. The van der Waals surface area contributed by atoms with Crippen molar-refractivity contribution in [2.75, 3.05) is 12.3 Å². The monoisotopic (exact) mass is 321 g/mol. The average molecular weight is 321 g/mol. The van der Waals surface area contributed by atoms with Crippen LogP contribution in [0.3, 0.4) is 0 Å². The third-order valence-electron chi connectivity index (χ3n) is 3.82. The third-order valence-corrected chi connectivity index (χ3v) is 5.40. The van der Waals surface area contributed by atoms with Crippen molar-refractivity contribution in [3.8, 4) is 5.75 Å². The van der Waals surface area contributed by atoms with Crippen molar-refractivity contribution in [1.82, 2.24) is 9.55 Å². The van der Waals surface area contributed by atoms with Crippen LogP contribution in [0.1, 0.15) is 23.7 Å². The van der Waals surface area contributed by atoms with Gasteiger partial charge < -0.3 is 20.4 Å². The van der Waals surface area contributed by atoms with Crippen molar-refractivity contribution < 1.29 is 5.11 Å². The summed E-state index contributed by atoms with van der Waals surface area (Å²) in [6.07, 6.45) is 4.81. The number of phenols is 1. The number of phenolic OH excluding ortho intramolecular Hbond substituents is 1. The molecule has 0 spiro atoms. The first-order valence-electron chi connectivity index (χ1n) is 7.12. The van der Waals surface area contributed by atoms with Gasteiger partial charge in [0.15, 0.2) is 4.77 Å². The Bertz CT molecular complexity index is 692. The Morgan fingerprint density at radius 2 is 2.33 bits per heavy atom. The number of aryl methyl sites for hydroxylation is 1. The number of nitrogens with one attached hydrogen (secondary N) is 1. The Morgan fingerprint density at radius 3 is 3.14 bits per heavy atom. The fourth-order valence-corrected chi connectivity index (χ4v) is 4.28. The molecule has 0 fully saturated rings. The van der Waals surface area contributed by atoms with E-state index in [4.69, 9.17) is 18.0 Å². The van der Waals surface area contributed by atoms with E-state index in [0.717, 1.165) is 29.8 Å². The normalized spacial score (nSPS) is 17.7. The molecule has 1 aliphatic rings. The van der Waals surface area contributed by atoms with Gasteiger partial charge in [-0.1, -0.05) is 0 Å². The number of aromatic nitrogens is 2. The number of nitrogens with zero attached hydrogens (tertiary/aromatic N) is 1. The van der Waals surface area contributed by atoms with Crippen molar-refractivity contribution in [1.29, 1.82) is 0 Å². The molecule has 4 N–H and O–H groups in total. The number of hydrogen-bond donors (Lipinski definition) is 3. The van der Waals surface area contributed by atoms with E-state index in [9.17, 15) is 5.11 Å². The quantitative estimate of drug-likeness (QED) is 0.757. The smallest absolute Gasteiger partial charge is 0.177 e. The predicted molar refractivity (Wildman–Crippen MR) is 88.6 cm³/mol. The summed E-state index contributed by atoms with van der Waals surface area (Å²) in [4.78, 5) is 4.42. The average Bonchev–Trinajstić information content (AvgIpc) is 2.85. The summed E-state index contributed by atoms with van der Waals surface area (Å²) in [5.41, 5.74) is 8.03. The lowest BCUT2D eigenvalue weighted by molar-refractivity contribution is 0.470. The highest BCUT2D eigenvalue weighted by Gasteiger charge is 2.23. The van der Waals surface area contributed by atoms with Gasteiger partial charge in [-0.2, -0.15) is 0 Å². The number of fused-ring (bicyclic) bond motifs is 1. The predicted octanol–water partition coefficient (Wildman–Crippen LogP) is 3.03.